The van der Waals surface area contributed by atoms with Crippen molar-refractivity contribution in [2.45, 2.75) is 13.2 Å². The summed E-state index contributed by atoms with van der Waals surface area (Å²) in [5.74, 6) is 1.35. The molecule has 5 nitrogen and oxygen atoms in total. The van der Waals surface area contributed by atoms with E-state index in [1.165, 1.54) is 6.33 Å². The van der Waals surface area contributed by atoms with Gasteiger partial charge in [0.25, 0.3) is 0 Å². The first-order valence-electron chi connectivity index (χ1n) is 4.94. The van der Waals surface area contributed by atoms with Crippen LogP contribution in [0, 0.1) is 0 Å². The Morgan fingerprint density at radius 3 is 2.94 bits per heavy atom. The van der Waals surface area contributed by atoms with Gasteiger partial charge in [-0.15, -0.1) is 0 Å². The lowest BCUT2D eigenvalue weighted by Crippen LogP contribution is -2.07. The first-order valence-corrected chi connectivity index (χ1v) is 4.94. The van der Waals surface area contributed by atoms with Gasteiger partial charge in [0.05, 0.1) is 13.7 Å². The lowest BCUT2D eigenvalue weighted by atomic mass is 10.2. The fraction of sp³-hybridized carbons (Fsp3) is 0.273. The average molecular weight is 219 g/mol. The number of aromatic nitrogens is 3. The molecule has 1 aromatic carbocycles. The Hall–Kier alpha value is -1.88. The topological polar surface area (TPSA) is 60.2 Å². The lowest BCUT2D eigenvalue weighted by Gasteiger charge is -2.09. The minimum absolute atomic E-state index is 0.116. The van der Waals surface area contributed by atoms with Crippen molar-refractivity contribution in [3.05, 3.63) is 42.0 Å². The van der Waals surface area contributed by atoms with Gasteiger partial charge in [0, 0.05) is 5.56 Å². The van der Waals surface area contributed by atoms with E-state index in [4.69, 9.17) is 9.84 Å². The predicted octanol–water partition coefficient (Wildman–Crippen LogP) is 0.827. The minimum atomic E-state index is -0.116. The molecule has 0 aliphatic rings. The van der Waals surface area contributed by atoms with Crippen LogP contribution in [0.1, 0.15) is 11.4 Å². The Labute approximate surface area is 93.3 Å². The van der Waals surface area contributed by atoms with E-state index >= 15 is 0 Å². The number of aliphatic hydroxyl groups is 1. The summed E-state index contributed by atoms with van der Waals surface area (Å²) in [4.78, 5) is 3.95. The zero-order valence-electron chi connectivity index (χ0n) is 9.00. The van der Waals surface area contributed by atoms with Gasteiger partial charge < -0.3 is 9.84 Å². The molecule has 0 atom stereocenters. The summed E-state index contributed by atoms with van der Waals surface area (Å²) in [6.07, 6.45) is 1.43. The van der Waals surface area contributed by atoms with Gasteiger partial charge in [0.2, 0.25) is 0 Å². The fourth-order valence-electron chi connectivity index (χ4n) is 1.54. The largest absolute Gasteiger partial charge is 0.496 e. The van der Waals surface area contributed by atoms with Gasteiger partial charge in [-0.3, -0.25) is 0 Å². The van der Waals surface area contributed by atoms with Gasteiger partial charge in [0.1, 0.15) is 18.7 Å². The third-order valence-corrected chi connectivity index (χ3v) is 2.35. The van der Waals surface area contributed by atoms with Crippen molar-refractivity contribution in [3.63, 3.8) is 0 Å². The van der Waals surface area contributed by atoms with E-state index in [9.17, 15) is 0 Å². The summed E-state index contributed by atoms with van der Waals surface area (Å²) in [5, 5.41) is 13.1. The zero-order valence-corrected chi connectivity index (χ0v) is 9.00. The van der Waals surface area contributed by atoms with Crippen LogP contribution in [0.3, 0.4) is 0 Å². The maximum absolute atomic E-state index is 9.06. The Morgan fingerprint density at radius 1 is 1.38 bits per heavy atom. The maximum Gasteiger partial charge on any atom is 0.152 e. The Balaban J connectivity index is 2.26. The van der Waals surface area contributed by atoms with E-state index in [2.05, 4.69) is 10.1 Å². The number of hydrogen-bond donors (Lipinski definition) is 1. The molecule has 0 aliphatic carbocycles. The minimum Gasteiger partial charge on any atom is -0.496 e. The van der Waals surface area contributed by atoms with E-state index in [0.29, 0.717) is 12.4 Å². The third kappa shape index (κ3) is 2.04. The van der Waals surface area contributed by atoms with Crippen LogP contribution in [0.15, 0.2) is 30.6 Å². The van der Waals surface area contributed by atoms with Crippen molar-refractivity contribution < 1.29 is 9.84 Å². The van der Waals surface area contributed by atoms with Crippen molar-refractivity contribution in [1.82, 2.24) is 14.8 Å². The molecule has 0 saturated heterocycles. The molecule has 0 amide bonds. The number of ether oxygens (including phenoxy) is 1. The van der Waals surface area contributed by atoms with Crippen LogP contribution in [0.5, 0.6) is 5.75 Å². The van der Waals surface area contributed by atoms with E-state index in [1.807, 2.05) is 24.3 Å². The van der Waals surface area contributed by atoms with Crippen molar-refractivity contribution in [2.75, 3.05) is 7.11 Å². The Morgan fingerprint density at radius 2 is 2.19 bits per heavy atom. The van der Waals surface area contributed by atoms with Gasteiger partial charge in [0.15, 0.2) is 5.82 Å². The molecule has 0 fully saturated rings. The highest BCUT2D eigenvalue weighted by Gasteiger charge is 2.06. The Kier molecular flexibility index (Phi) is 3.16. The number of hydrogen-bond acceptors (Lipinski definition) is 4. The number of benzene rings is 1. The molecule has 0 bridgehead atoms. The molecule has 2 rings (SSSR count). The second kappa shape index (κ2) is 4.76. The number of methoxy groups -OCH3 is 1. The van der Waals surface area contributed by atoms with Crippen LogP contribution in [0.2, 0.25) is 0 Å². The van der Waals surface area contributed by atoms with E-state index in [0.717, 1.165) is 11.3 Å². The van der Waals surface area contributed by atoms with Gasteiger partial charge in [-0.25, -0.2) is 9.67 Å². The highest BCUT2D eigenvalue weighted by atomic mass is 16.5. The molecule has 84 valence electrons. The normalized spacial score (nSPS) is 10.4. The summed E-state index contributed by atoms with van der Waals surface area (Å²) in [7, 11) is 1.63. The van der Waals surface area contributed by atoms with Gasteiger partial charge >= 0.3 is 0 Å². The van der Waals surface area contributed by atoms with E-state index in [-0.39, 0.29) is 6.61 Å². The van der Waals surface area contributed by atoms with Crippen LogP contribution in [-0.4, -0.2) is 27.0 Å². The van der Waals surface area contributed by atoms with Gasteiger partial charge in [-0.1, -0.05) is 18.2 Å². The van der Waals surface area contributed by atoms with Crippen LogP contribution < -0.4 is 4.74 Å². The van der Waals surface area contributed by atoms with Crippen LogP contribution in [0.25, 0.3) is 0 Å². The number of aliphatic hydroxyl groups excluding tert-OH is 1. The Bertz CT molecular complexity index is 468. The monoisotopic (exact) mass is 219 g/mol. The van der Waals surface area contributed by atoms with Crippen LogP contribution in [-0.2, 0) is 13.2 Å². The average Bonchev–Trinajstić information content (AvgIpc) is 2.77. The molecular formula is C11H13N3O2. The highest BCUT2D eigenvalue weighted by molar-refractivity contribution is 5.33. The maximum atomic E-state index is 9.06. The zero-order chi connectivity index (χ0) is 11.4. The van der Waals surface area contributed by atoms with E-state index in [1.54, 1.807) is 11.8 Å². The third-order valence-electron chi connectivity index (χ3n) is 2.35. The summed E-state index contributed by atoms with van der Waals surface area (Å²) in [5.41, 5.74) is 1.00. The molecule has 0 aliphatic heterocycles. The van der Waals surface area contributed by atoms with Gasteiger partial charge in [-0.05, 0) is 6.07 Å². The van der Waals surface area contributed by atoms with Gasteiger partial charge in [-0.2, -0.15) is 5.10 Å². The molecule has 0 radical (unpaired) electrons. The number of nitrogens with zero attached hydrogens (tertiary/aromatic N) is 3. The molecule has 1 heterocycles. The molecule has 1 aromatic heterocycles. The molecular weight excluding hydrogens is 206 g/mol. The summed E-state index contributed by atoms with van der Waals surface area (Å²) in [6.45, 7) is 0.426. The molecule has 5 heteroatoms. The second-order valence-corrected chi connectivity index (χ2v) is 3.30. The lowest BCUT2D eigenvalue weighted by molar-refractivity contribution is 0.263. The summed E-state index contributed by atoms with van der Waals surface area (Å²) >= 11 is 0. The van der Waals surface area contributed by atoms with Crippen molar-refractivity contribution in [3.8, 4) is 5.75 Å². The van der Waals surface area contributed by atoms with Crippen molar-refractivity contribution >= 4 is 0 Å². The quantitative estimate of drug-likeness (QED) is 0.827. The summed E-state index contributed by atoms with van der Waals surface area (Å²) < 4.78 is 6.89. The molecule has 1 N–H and O–H groups in total. The molecule has 16 heavy (non-hydrogen) atoms. The second-order valence-electron chi connectivity index (χ2n) is 3.30. The molecule has 0 unspecified atom stereocenters. The standard InChI is InChI=1S/C11H13N3O2/c1-16-10-5-3-2-4-9(10)6-14-11(7-15)12-8-13-14/h2-5,8,15H,6-7H2,1H3. The summed E-state index contributed by atoms with van der Waals surface area (Å²) in [6, 6.07) is 7.70. The number of rotatable bonds is 4. The SMILES string of the molecule is COc1ccccc1Cn1ncnc1CO. The predicted molar refractivity (Wildman–Crippen MR) is 58.0 cm³/mol. The molecule has 0 spiro atoms. The highest BCUT2D eigenvalue weighted by Crippen LogP contribution is 2.18. The molecule has 0 saturated carbocycles. The van der Waals surface area contributed by atoms with Crippen molar-refractivity contribution in [1.29, 1.82) is 0 Å². The van der Waals surface area contributed by atoms with Crippen LogP contribution >= 0.6 is 0 Å². The molecule has 2 aromatic rings. The van der Waals surface area contributed by atoms with E-state index < -0.39 is 0 Å². The fourth-order valence-corrected chi connectivity index (χ4v) is 1.54. The van der Waals surface area contributed by atoms with Crippen LogP contribution in [0.4, 0.5) is 0 Å². The first kappa shape index (κ1) is 10.6. The number of para-hydroxylation sites is 1. The smallest absolute Gasteiger partial charge is 0.152 e. The van der Waals surface area contributed by atoms with Crippen molar-refractivity contribution in [2.24, 2.45) is 0 Å². The first-order chi connectivity index (χ1) is 7.85.